The number of pyridine rings is 1. The Morgan fingerprint density at radius 2 is 2.55 bits per heavy atom. The Kier molecular flexibility index (Phi) is 1.17. The van der Waals surface area contributed by atoms with E-state index in [4.69, 9.17) is 10.5 Å². The topological polar surface area (TPSA) is 48.1 Å². The first-order valence-corrected chi connectivity index (χ1v) is 3.56. The molecule has 0 aromatic carbocycles. The molecule has 1 aromatic heterocycles. The van der Waals surface area contributed by atoms with Crippen LogP contribution in [0.5, 0.6) is 5.75 Å². The lowest BCUT2D eigenvalue weighted by Gasteiger charge is -2.13. The Balaban J connectivity index is 2.56. The Morgan fingerprint density at radius 3 is 3.27 bits per heavy atom. The van der Waals surface area contributed by atoms with Crippen LogP contribution in [0.2, 0.25) is 0 Å². The van der Waals surface area contributed by atoms with Crippen molar-refractivity contribution in [2.45, 2.75) is 12.5 Å². The molecule has 1 unspecified atom stereocenters. The zero-order chi connectivity index (χ0) is 7.90. The molecule has 0 fully saturated rings. The summed E-state index contributed by atoms with van der Waals surface area (Å²) in [5.41, 5.74) is 6.57. The van der Waals surface area contributed by atoms with Crippen LogP contribution in [-0.2, 0) is 5.54 Å². The molecule has 0 aliphatic carbocycles. The van der Waals surface area contributed by atoms with Gasteiger partial charge in [-0.2, -0.15) is 0 Å². The molecule has 2 rings (SSSR count). The third kappa shape index (κ3) is 0.886. The second-order valence-corrected chi connectivity index (χ2v) is 3.08. The van der Waals surface area contributed by atoms with E-state index in [1.54, 1.807) is 12.4 Å². The largest absolute Gasteiger partial charge is 0.491 e. The molecule has 11 heavy (non-hydrogen) atoms. The number of aromatic nitrogens is 1. The van der Waals surface area contributed by atoms with Crippen LogP contribution in [0.3, 0.4) is 0 Å². The predicted molar refractivity (Wildman–Crippen MR) is 41.3 cm³/mol. The number of hydrogen-bond acceptors (Lipinski definition) is 3. The van der Waals surface area contributed by atoms with Gasteiger partial charge in [0.15, 0.2) is 0 Å². The maximum atomic E-state index is 5.92. The minimum atomic E-state index is -0.358. The molecule has 0 saturated heterocycles. The summed E-state index contributed by atoms with van der Waals surface area (Å²) in [6.07, 6.45) is 3.47. The van der Waals surface area contributed by atoms with Crippen LogP contribution in [0.4, 0.5) is 0 Å². The van der Waals surface area contributed by atoms with Crippen molar-refractivity contribution in [1.29, 1.82) is 0 Å². The lowest BCUT2D eigenvalue weighted by atomic mass is 9.98. The van der Waals surface area contributed by atoms with Gasteiger partial charge in [0.1, 0.15) is 12.4 Å². The van der Waals surface area contributed by atoms with Crippen molar-refractivity contribution >= 4 is 0 Å². The monoisotopic (exact) mass is 150 g/mol. The molecule has 0 radical (unpaired) electrons. The molecule has 0 bridgehead atoms. The second kappa shape index (κ2) is 1.95. The van der Waals surface area contributed by atoms with E-state index in [0.717, 1.165) is 11.3 Å². The minimum absolute atomic E-state index is 0.358. The van der Waals surface area contributed by atoms with E-state index in [9.17, 15) is 0 Å². The Labute approximate surface area is 65.2 Å². The van der Waals surface area contributed by atoms with Crippen molar-refractivity contribution in [2.75, 3.05) is 6.61 Å². The van der Waals surface area contributed by atoms with Gasteiger partial charge in [-0.3, -0.25) is 4.98 Å². The molecule has 1 atom stereocenters. The normalized spacial score (nSPS) is 27.8. The summed E-state index contributed by atoms with van der Waals surface area (Å²) in [6, 6.07) is 1.84. The van der Waals surface area contributed by atoms with Crippen molar-refractivity contribution in [3.05, 3.63) is 24.0 Å². The molecule has 1 aromatic rings. The van der Waals surface area contributed by atoms with Crippen molar-refractivity contribution in [3.8, 4) is 5.75 Å². The minimum Gasteiger partial charge on any atom is -0.491 e. The lowest BCUT2D eigenvalue weighted by Crippen LogP contribution is -2.34. The lowest BCUT2D eigenvalue weighted by molar-refractivity contribution is 0.283. The number of nitrogens with zero attached hydrogens (tertiary/aromatic N) is 1. The summed E-state index contributed by atoms with van der Waals surface area (Å²) in [7, 11) is 0. The third-order valence-corrected chi connectivity index (χ3v) is 1.92. The van der Waals surface area contributed by atoms with E-state index >= 15 is 0 Å². The SMILES string of the molecule is CC1(N)COc2ccncc21. The van der Waals surface area contributed by atoms with Gasteiger partial charge in [0.05, 0.1) is 5.54 Å². The molecule has 3 nitrogen and oxygen atoms in total. The maximum Gasteiger partial charge on any atom is 0.127 e. The third-order valence-electron chi connectivity index (χ3n) is 1.92. The molecular weight excluding hydrogens is 140 g/mol. The summed E-state index contributed by atoms with van der Waals surface area (Å²) in [4.78, 5) is 3.99. The van der Waals surface area contributed by atoms with E-state index in [2.05, 4.69) is 4.98 Å². The number of rotatable bonds is 0. The second-order valence-electron chi connectivity index (χ2n) is 3.08. The smallest absolute Gasteiger partial charge is 0.127 e. The highest BCUT2D eigenvalue weighted by Crippen LogP contribution is 2.33. The predicted octanol–water partition coefficient (Wildman–Crippen LogP) is 0.648. The van der Waals surface area contributed by atoms with Crippen molar-refractivity contribution in [1.82, 2.24) is 4.98 Å². The number of ether oxygens (including phenoxy) is 1. The van der Waals surface area contributed by atoms with Crippen LogP contribution in [0.1, 0.15) is 12.5 Å². The van der Waals surface area contributed by atoms with Crippen LogP contribution in [0.25, 0.3) is 0 Å². The van der Waals surface area contributed by atoms with Crippen LogP contribution >= 0.6 is 0 Å². The average Bonchev–Trinajstić information content (AvgIpc) is 2.29. The van der Waals surface area contributed by atoms with E-state index < -0.39 is 0 Å². The molecule has 1 aliphatic heterocycles. The van der Waals surface area contributed by atoms with Gasteiger partial charge in [-0.1, -0.05) is 0 Å². The molecular formula is C8H10N2O. The van der Waals surface area contributed by atoms with Gasteiger partial charge >= 0.3 is 0 Å². The fourth-order valence-corrected chi connectivity index (χ4v) is 1.24. The molecule has 3 heteroatoms. The van der Waals surface area contributed by atoms with Gasteiger partial charge in [-0.15, -0.1) is 0 Å². The van der Waals surface area contributed by atoms with E-state index in [0.29, 0.717) is 6.61 Å². The zero-order valence-electron chi connectivity index (χ0n) is 6.37. The highest BCUT2D eigenvalue weighted by Gasteiger charge is 2.32. The van der Waals surface area contributed by atoms with Gasteiger partial charge < -0.3 is 10.5 Å². The van der Waals surface area contributed by atoms with Gasteiger partial charge in [-0.05, 0) is 13.0 Å². The number of hydrogen-bond donors (Lipinski definition) is 1. The summed E-state index contributed by atoms with van der Waals surface area (Å²) in [6.45, 7) is 2.49. The van der Waals surface area contributed by atoms with Gasteiger partial charge in [0.25, 0.3) is 0 Å². The van der Waals surface area contributed by atoms with Crippen LogP contribution < -0.4 is 10.5 Å². The van der Waals surface area contributed by atoms with Gasteiger partial charge in [-0.25, -0.2) is 0 Å². The summed E-state index contributed by atoms with van der Waals surface area (Å²) >= 11 is 0. The zero-order valence-corrected chi connectivity index (χ0v) is 6.37. The Bertz CT molecular complexity index is 283. The molecule has 0 saturated carbocycles. The van der Waals surface area contributed by atoms with Crippen LogP contribution in [0.15, 0.2) is 18.5 Å². The van der Waals surface area contributed by atoms with E-state index in [1.165, 1.54) is 0 Å². The van der Waals surface area contributed by atoms with Gasteiger partial charge in [0.2, 0.25) is 0 Å². The highest BCUT2D eigenvalue weighted by atomic mass is 16.5. The number of fused-ring (bicyclic) bond motifs is 1. The van der Waals surface area contributed by atoms with Crippen molar-refractivity contribution < 1.29 is 4.74 Å². The Morgan fingerprint density at radius 1 is 1.73 bits per heavy atom. The van der Waals surface area contributed by atoms with E-state index in [1.807, 2.05) is 13.0 Å². The number of nitrogens with two attached hydrogens (primary N) is 1. The van der Waals surface area contributed by atoms with Crippen LogP contribution in [0, 0.1) is 0 Å². The first kappa shape index (κ1) is 6.61. The van der Waals surface area contributed by atoms with E-state index in [-0.39, 0.29) is 5.54 Å². The first-order valence-electron chi connectivity index (χ1n) is 3.56. The van der Waals surface area contributed by atoms with Crippen molar-refractivity contribution in [2.24, 2.45) is 5.73 Å². The maximum absolute atomic E-state index is 5.92. The molecule has 0 amide bonds. The molecule has 2 N–H and O–H groups in total. The highest BCUT2D eigenvalue weighted by molar-refractivity contribution is 5.39. The molecule has 2 heterocycles. The molecule has 0 spiro atoms. The summed E-state index contributed by atoms with van der Waals surface area (Å²) in [5.74, 6) is 0.866. The molecule has 58 valence electrons. The fraction of sp³-hybridized carbons (Fsp3) is 0.375. The summed E-state index contributed by atoms with van der Waals surface area (Å²) in [5, 5.41) is 0. The van der Waals surface area contributed by atoms with Crippen LogP contribution in [-0.4, -0.2) is 11.6 Å². The Hall–Kier alpha value is -1.09. The first-order chi connectivity index (χ1) is 5.20. The molecule has 1 aliphatic rings. The fourth-order valence-electron chi connectivity index (χ4n) is 1.24. The quantitative estimate of drug-likeness (QED) is 0.590. The summed E-state index contributed by atoms with van der Waals surface area (Å²) < 4.78 is 5.35. The standard InChI is InChI=1S/C8H10N2O/c1-8(9)5-11-7-2-3-10-4-6(7)8/h2-4H,5,9H2,1H3. The van der Waals surface area contributed by atoms with Crippen molar-refractivity contribution in [3.63, 3.8) is 0 Å². The average molecular weight is 150 g/mol. The van der Waals surface area contributed by atoms with Gasteiger partial charge in [0, 0.05) is 18.0 Å².